The van der Waals surface area contributed by atoms with Crippen molar-refractivity contribution in [3.8, 4) is 11.5 Å². The predicted octanol–water partition coefficient (Wildman–Crippen LogP) is 1.65. The molecule has 3 heteroatoms. The van der Waals surface area contributed by atoms with E-state index in [2.05, 4.69) is 4.98 Å². The van der Waals surface area contributed by atoms with Crippen LogP contribution in [0.4, 0.5) is 0 Å². The van der Waals surface area contributed by atoms with Gasteiger partial charge in [0, 0.05) is 17.8 Å². The lowest BCUT2D eigenvalue weighted by molar-refractivity contribution is 0.408. The van der Waals surface area contributed by atoms with Gasteiger partial charge in [0.1, 0.15) is 0 Å². The van der Waals surface area contributed by atoms with Crippen molar-refractivity contribution in [1.82, 2.24) is 4.98 Å². The van der Waals surface area contributed by atoms with Gasteiger partial charge in [0.25, 0.3) is 0 Å². The van der Waals surface area contributed by atoms with E-state index in [-0.39, 0.29) is 11.5 Å². The molecule has 2 aromatic rings. The maximum Gasteiger partial charge on any atom is 0.166 e. The molecule has 2 N–H and O–H groups in total. The third-order valence-electron chi connectivity index (χ3n) is 1.77. The molecule has 12 heavy (non-hydrogen) atoms. The number of benzene rings is 1. The van der Waals surface area contributed by atoms with Crippen molar-refractivity contribution in [3.05, 3.63) is 30.6 Å². The molecule has 0 atom stereocenters. The van der Waals surface area contributed by atoms with Crippen LogP contribution in [0.3, 0.4) is 0 Å². The fourth-order valence-electron chi connectivity index (χ4n) is 1.13. The molecule has 0 unspecified atom stereocenters. The van der Waals surface area contributed by atoms with Crippen LogP contribution < -0.4 is 0 Å². The van der Waals surface area contributed by atoms with Gasteiger partial charge in [-0.25, -0.2) is 0 Å². The first kappa shape index (κ1) is 6.91. The van der Waals surface area contributed by atoms with Gasteiger partial charge in [0.2, 0.25) is 0 Å². The standard InChI is InChI=1S/C9H7NO2/c11-8-2-1-6-3-4-10-5-7(6)9(8)12/h1-5,11-12H. The second-order valence-corrected chi connectivity index (χ2v) is 2.53. The molecule has 1 aromatic carbocycles. The Morgan fingerprint density at radius 1 is 1.08 bits per heavy atom. The second-order valence-electron chi connectivity index (χ2n) is 2.53. The summed E-state index contributed by atoms with van der Waals surface area (Å²) in [6, 6.07) is 4.96. The molecule has 2 rings (SSSR count). The summed E-state index contributed by atoms with van der Waals surface area (Å²) in [6.45, 7) is 0. The fourth-order valence-corrected chi connectivity index (χ4v) is 1.13. The topological polar surface area (TPSA) is 53.4 Å². The van der Waals surface area contributed by atoms with Crippen molar-refractivity contribution in [2.45, 2.75) is 0 Å². The minimum atomic E-state index is -0.115. The highest BCUT2D eigenvalue weighted by molar-refractivity contribution is 5.89. The molecule has 0 aliphatic rings. The van der Waals surface area contributed by atoms with E-state index in [0.717, 1.165) is 5.39 Å². The van der Waals surface area contributed by atoms with Crippen LogP contribution in [-0.2, 0) is 0 Å². The first-order valence-corrected chi connectivity index (χ1v) is 3.53. The smallest absolute Gasteiger partial charge is 0.166 e. The molecule has 0 aliphatic carbocycles. The minimum absolute atomic E-state index is 0.111. The van der Waals surface area contributed by atoms with Crippen LogP contribution in [0, 0.1) is 0 Å². The van der Waals surface area contributed by atoms with E-state index in [1.54, 1.807) is 18.3 Å². The number of pyridine rings is 1. The van der Waals surface area contributed by atoms with Gasteiger partial charge in [-0.2, -0.15) is 0 Å². The second kappa shape index (κ2) is 2.37. The average molecular weight is 161 g/mol. The molecule has 3 nitrogen and oxygen atoms in total. The molecule has 60 valence electrons. The van der Waals surface area contributed by atoms with Gasteiger partial charge >= 0.3 is 0 Å². The highest BCUT2D eigenvalue weighted by atomic mass is 16.3. The lowest BCUT2D eigenvalue weighted by atomic mass is 10.1. The van der Waals surface area contributed by atoms with E-state index >= 15 is 0 Å². The van der Waals surface area contributed by atoms with Crippen molar-refractivity contribution in [2.24, 2.45) is 0 Å². The molecule has 1 aromatic heterocycles. The summed E-state index contributed by atoms with van der Waals surface area (Å²) >= 11 is 0. The third kappa shape index (κ3) is 0.871. The summed E-state index contributed by atoms with van der Waals surface area (Å²) in [6.07, 6.45) is 3.16. The monoisotopic (exact) mass is 161 g/mol. The molecule has 0 spiro atoms. The van der Waals surface area contributed by atoms with Gasteiger partial charge in [-0.1, -0.05) is 6.07 Å². The van der Waals surface area contributed by atoms with Crippen molar-refractivity contribution in [2.75, 3.05) is 0 Å². The van der Waals surface area contributed by atoms with E-state index in [9.17, 15) is 5.11 Å². The Labute approximate surface area is 68.9 Å². The molecule has 0 bridgehead atoms. The number of hydrogen-bond donors (Lipinski definition) is 2. The number of phenolic OH excluding ortho intramolecular Hbond substituents is 2. The highest BCUT2D eigenvalue weighted by Gasteiger charge is 2.03. The largest absolute Gasteiger partial charge is 0.504 e. The molecular weight excluding hydrogens is 154 g/mol. The molecule has 0 saturated heterocycles. The predicted molar refractivity (Wildman–Crippen MR) is 45.1 cm³/mol. The quantitative estimate of drug-likeness (QED) is 0.577. The van der Waals surface area contributed by atoms with Crippen LogP contribution in [0.25, 0.3) is 10.8 Å². The molecule has 0 radical (unpaired) electrons. The van der Waals surface area contributed by atoms with E-state index in [1.165, 1.54) is 12.3 Å². The summed E-state index contributed by atoms with van der Waals surface area (Å²) in [7, 11) is 0. The Hall–Kier alpha value is -1.77. The summed E-state index contributed by atoms with van der Waals surface area (Å²) in [5.74, 6) is -0.226. The summed E-state index contributed by atoms with van der Waals surface area (Å²) in [5, 5.41) is 19.9. The Morgan fingerprint density at radius 2 is 1.92 bits per heavy atom. The number of hydrogen-bond acceptors (Lipinski definition) is 3. The maximum atomic E-state index is 9.37. The van der Waals surface area contributed by atoms with Gasteiger partial charge in [-0.05, 0) is 17.5 Å². The molecule has 0 amide bonds. The zero-order valence-corrected chi connectivity index (χ0v) is 6.23. The minimum Gasteiger partial charge on any atom is -0.504 e. The number of nitrogens with zero attached hydrogens (tertiary/aromatic N) is 1. The van der Waals surface area contributed by atoms with Crippen LogP contribution in [0.2, 0.25) is 0 Å². The van der Waals surface area contributed by atoms with Crippen LogP contribution >= 0.6 is 0 Å². The van der Waals surface area contributed by atoms with Gasteiger partial charge in [0.05, 0.1) is 0 Å². The average Bonchev–Trinajstić information content (AvgIpc) is 2.12. The number of phenols is 2. The van der Waals surface area contributed by atoms with Gasteiger partial charge in [0.15, 0.2) is 11.5 Å². The number of rotatable bonds is 0. The van der Waals surface area contributed by atoms with Crippen molar-refractivity contribution in [3.63, 3.8) is 0 Å². The molecule has 1 heterocycles. The summed E-state index contributed by atoms with van der Waals surface area (Å²) < 4.78 is 0. The van der Waals surface area contributed by atoms with Crippen LogP contribution in [0.15, 0.2) is 30.6 Å². The zero-order chi connectivity index (χ0) is 8.55. The van der Waals surface area contributed by atoms with E-state index in [0.29, 0.717) is 5.39 Å². The van der Waals surface area contributed by atoms with E-state index in [1.807, 2.05) is 0 Å². The SMILES string of the molecule is Oc1ccc2ccncc2c1O. The van der Waals surface area contributed by atoms with Crippen LogP contribution in [0.1, 0.15) is 0 Å². The normalized spacial score (nSPS) is 10.3. The lowest BCUT2D eigenvalue weighted by Crippen LogP contribution is -1.76. The van der Waals surface area contributed by atoms with Gasteiger partial charge in [-0.15, -0.1) is 0 Å². The molecule has 0 saturated carbocycles. The van der Waals surface area contributed by atoms with Crippen LogP contribution in [0.5, 0.6) is 11.5 Å². The van der Waals surface area contributed by atoms with Crippen molar-refractivity contribution in [1.29, 1.82) is 0 Å². The Balaban J connectivity index is 2.91. The fraction of sp³-hybridized carbons (Fsp3) is 0. The molecular formula is C9H7NO2. The molecule has 0 fully saturated rings. The Bertz CT molecular complexity index is 426. The highest BCUT2D eigenvalue weighted by Crippen LogP contribution is 2.32. The maximum absolute atomic E-state index is 9.37. The Morgan fingerprint density at radius 3 is 2.75 bits per heavy atom. The van der Waals surface area contributed by atoms with Gasteiger partial charge < -0.3 is 10.2 Å². The lowest BCUT2D eigenvalue weighted by Gasteiger charge is -2.00. The number of aromatic hydroxyl groups is 2. The van der Waals surface area contributed by atoms with Crippen LogP contribution in [-0.4, -0.2) is 15.2 Å². The summed E-state index contributed by atoms with van der Waals surface area (Å²) in [5.41, 5.74) is 0. The summed E-state index contributed by atoms with van der Waals surface area (Å²) in [4.78, 5) is 3.84. The van der Waals surface area contributed by atoms with Crippen molar-refractivity contribution < 1.29 is 10.2 Å². The molecule has 0 aliphatic heterocycles. The number of fused-ring (bicyclic) bond motifs is 1. The van der Waals surface area contributed by atoms with Crippen molar-refractivity contribution >= 4 is 10.8 Å². The Kier molecular flexibility index (Phi) is 1.37. The van der Waals surface area contributed by atoms with E-state index in [4.69, 9.17) is 5.11 Å². The van der Waals surface area contributed by atoms with E-state index < -0.39 is 0 Å². The third-order valence-corrected chi connectivity index (χ3v) is 1.77. The zero-order valence-electron chi connectivity index (χ0n) is 6.23. The first-order chi connectivity index (χ1) is 5.79. The van der Waals surface area contributed by atoms with Gasteiger partial charge in [-0.3, -0.25) is 4.98 Å². The number of aromatic nitrogens is 1. The first-order valence-electron chi connectivity index (χ1n) is 3.53.